The summed E-state index contributed by atoms with van der Waals surface area (Å²) in [4.78, 5) is 12.0. The Bertz CT molecular complexity index is 1040. The van der Waals surface area contributed by atoms with Crippen molar-refractivity contribution in [3.63, 3.8) is 0 Å². The Morgan fingerprint density at radius 3 is 2.61 bits per heavy atom. The van der Waals surface area contributed by atoms with Crippen molar-refractivity contribution >= 4 is 27.4 Å². The first-order valence-electron chi connectivity index (χ1n) is 8.61. The predicted octanol–water partition coefficient (Wildman–Crippen LogP) is 3.90. The molecule has 0 fully saturated rings. The van der Waals surface area contributed by atoms with Crippen LogP contribution in [0.5, 0.6) is 0 Å². The molecular weight excluding hydrogens is 378 g/mol. The second-order valence-corrected chi connectivity index (χ2v) is 7.59. The van der Waals surface area contributed by atoms with Crippen molar-refractivity contribution in [3.05, 3.63) is 65.9 Å². The van der Waals surface area contributed by atoms with Gasteiger partial charge < -0.3 is 10.6 Å². The Morgan fingerprint density at radius 1 is 1.25 bits per heavy atom. The quantitative estimate of drug-likeness (QED) is 0.369. The summed E-state index contributed by atoms with van der Waals surface area (Å²) < 4.78 is 31.5. The monoisotopic (exact) mass is 399 g/mol. The normalized spacial score (nSPS) is 12.7. The highest BCUT2D eigenvalue weighted by molar-refractivity contribution is 7.85. The minimum Gasteiger partial charge on any atom is -0.360 e. The number of nitriles is 1. The lowest BCUT2D eigenvalue weighted by Gasteiger charge is -2.14. The van der Waals surface area contributed by atoms with Crippen LogP contribution in [0.3, 0.4) is 0 Å². The summed E-state index contributed by atoms with van der Waals surface area (Å²) in [5, 5.41) is 14.8. The van der Waals surface area contributed by atoms with Crippen LogP contribution in [0.2, 0.25) is 0 Å². The van der Waals surface area contributed by atoms with Gasteiger partial charge in [-0.3, -0.25) is 9.35 Å². The van der Waals surface area contributed by atoms with Crippen LogP contribution in [0.15, 0.2) is 65.2 Å². The number of nitrogens with zero attached hydrogens (tertiary/aromatic N) is 1. The average Bonchev–Trinajstić information content (AvgIpc) is 2.67. The van der Waals surface area contributed by atoms with Crippen LogP contribution in [-0.2, 0) is 14.9 Å². The van der Waals surface area contributed by atoms with Gasteiger partial charge in [0, 0.05) is 17.6 Å². The van der Waals surface area contributed by atoms with E-state index in [4.69, 9.17) is 4.55 Å². The van der Waals surface area contributed by atoms with E-state index in [1.54, 1.807) is 0 Å². The minimum absolute atomic E-state index is 0.140. The number of amides is 1. The highest BCUT2D eigenvalue weighted by Crippen LogP contribution is 2.26. The summed E-state index contributed by atoms with van der Waals surface area (Å²) in [5.74, 6) is -0.400. The number of carbonyl (C=O) groups excluding carboxylic acids is 1. The zero-order valence-corrected chi connectivity index (χ0v) is 16.3. The summed E-state index contributed by atoms with van der Waals surface area (Å²) in [6, 6.07) is 14.6. The number of anilines is 2. The SMILES string of the molecule is CCC(C)c1ccccc1N/C=C(/C#N)C(=O)Nc1cccc(S(=O)(=O)O)c1. The Labute approximate surface area is 164 Å². The molecule has 28 heavy (non-hydrogen) atoms. The fourth-order valence-corrected chi connectivity index (χ4v) is 3.04. The first-order valence-corrected chi connectivity index (χ1v) is 10.0. The summed E-state index contributed by atoms with van der Waals surface area (Å²) in [7, 11) is -4.39. The van der Waals surface area contributed by atoms with Gasteiger partial charge in [0.2, 0.25) is 0 Å². The van der Waals surface area contributed by atoms with Gasteiger partial charge in [-0.25, -0.2) is 0 Å². The summed E-state index contributed by atoms with van der Waals surface area (Å²) >= 11 is 0. The van der Waals surface area contributed by atoms with E-state index in [9.17, 15) is 18.5 Å². The molecular formula is C20H21N3O4S. The van der Waals surface area contributed by atoms with E-state index in [1.165, 1.54) is 24.4 Å². The largest absolute Gasteiger partial charge is 0.360 e. The maximum absolute atomic E-state index is 12.3. The van der Waals surface area contributed by atoms with Crippen LogP contribution in [0.4, 0.5) is 11.4 Å². The standard InChI is InChI=1S/C20H21N3O4S/c1-3-14(2)18-9-4-5-10-19(18)22-13-15(12-21)20(24)23-16-7-6-8-17(11-16)28(25,26)27/h4-11,13-14,22H,3H2,1-2H3,(H,23,24)(H,25,26,27)/b15-13-. The lowest BCUT2D eigenvalue weighted by Crippen LogP contribution is -2.15. The average molecular weight is 399 g/mol. The fraction of sp³-hybridized carbons (Fsp3) is 0.200. The number of rotatable bonds is 7. The Morgan fingerprint density at radius 2 is 1.96 bits per heavy atom. The molecule has 0 aliphatic carbocycles. The van der Waals surface area contributed by atoms with E-state index < -0.39 is 16.0 Å². The van der Waals surface area contributed by atoms with Gasteiger partial charge in [0.15, 0.2) is 0 Å². The van der Waals surface area contributed by atoms with Crippen molar-refractivity contribution in [1.29, 1.82) is 5.26 Å². The highest BCUT2D eigenvalue weighted by Gasteiger charge is 2.14. The Balaban J connectivity index is 2.20. The maximum atomic E-state index is 12.3. The van der Waals surface area contributed by atoms with E-state index in [1.807, 2.05) is 30.3 Å². The molecule has 0 saturated heterocycles. The molecule has 0 aliphatic heterocycles. The molecule has 0 spiro atoms. The topological polar surface area (TPSA) is 119 Å². The second-order valence-electron chi connectivity index (χ2n) is 6.17. The number of carbonyl (C=O) groups is 1. The number of hydrogen-bond donors (Lipinski definition) is 3. The highest BCUT2D eigenvalue weighted by atomic mass is 32.2. The molecule has 0 heterocycles. The molecule has 0 saturated carbocycles. The molecule has 2 rings (SSSR count). The van der Waals surface area contributed by atoms with Crippen molar-refractivity contribution in [1.82, 2.24) is 0 Å². The van der Waals surface area contributed by atoms with Gasteiger partial charge in [0.1, 0.15) is 11.6 Å². The lowest BCUT2D eigenvalue weighted by molar-refractivity contribution is -0.112. The van der Waals surface area contributed by atoms with Crippen LogP contribution in [0.25, 0.3) is 0 Å². The van der Waals surface area contributed by atoms with Gasteiger partial charge >= 0.3 is 0 Å². The van der Waals surface area contributed by atoms with Crippen molar-refractivity contribution in [3.8, 4) is 6.07 Å². The number of nitrogens with one attached hydrogen (secondary N) is 2. The van der Waals surface area contributed by atoms with Crippen LogP contribution < -0.4 is 10.6 Å². The molecule has 1 atom stereocenters. The lowest BCUT2D eigenvalue weighted by atomic mass is 9.97. The number of para-hydroxylation sites is 1. The van der Waals surface area contributed by atoms with Gasteiger partial charge in [0.05, 0.1) is 4.90 Å². The molecule has 7 nitrogen and oxygen atoms in total. The molecule has 146 valence electrons. The first kappa shape index (κ1) is 21.2. The Hall–Kier alpha value is -3.15. The van der Waals surface area contributed by atoms with E-state index in [2.05, 4.69) is 24.5 Å². The van der Waals surface area contributed by atoms with E-state index in [-0.39, 0.29) is 16.2 Å². The second kappa shape index (κ2) is 9.17. The molecule has 0 aliphatic rings. The molecule has 2 aromatic rings. The van der Waals surface area contributed by atoms with E-state index in [0.29, 0.717) is 5.92 Å². The Kier molecular flexibility index (Phi) is 6.93. The third kappa shape index (κ3) is 5.42. The molecule has 0 aromatic heterocycles. The number of hydrogen-bond acceptors (Lipinski definition) is 5. The first-order chi connectivity index (χ1) is 13.3. The summed E-state index contributed by atoms with van der Waals surface area (Å²) in [6.07, 6.45) is 2.25. The predicted molar refractivity (Wildman–Crippen MR) is 107 cm³/mol. The van der Waals surface area contributed by atoms with E-state index in [0.717, 1.165) is 23.7 Å². The maximum Gasteiger partial charge on any atom is 0.294 e. The zero-order chi connectivity index (χ0) is 20.7. The van der Waals surface area contributed by atoms with Crippen molar-refractivity contribution in [2.24, 2.45) is 0 Å². The van der Waals surface area contributed by atoms with Crippen LogP contribution >= 0.6 is 0 Å². The van der Waals surface area contributed by atoms with Gasteiger partial charge in [-0.05, 0) is 42.2 Å². The van der Waals surface area contributed by atoms with Gasteiger partial charge in [0.25, 0.3) is 16.0 Å². The molecule has 2 aromatic carbocycles. The van der Waals surface area contributed by atoms with Crippen molar-refractivity contribution in [2.75, 3.05) is 10.6 Å². The smallest absolute Gasteiger partial charge is 0.294 e. The van der Waals surface area contributed by atoms with Gasteiger partial charge in [-0.15, -0.1) is 0 Å². The third-order valence-corrected chi connectivity index (χ3v) is 5.08. The minimum atomic E-state index is -4.39. The zero-order valence-electron chi connectivity index (χ0n) is 15.5. The summed E-state index contributed by atoms with van der Waals surface area (Å²) in [5.41, 5.74) is 1.82. The van der Waals surface area contributed by atoms with Crippen molar-refractivity contribution < 1.29 is 17.8 Å². The van der Waals surface area contributed by atoms with Crippen LogP contribution in [0.1, 0.15) is 31.7 Å². The molecule has 1 amide bonds. The third-order valence-electron chi connectivity index (χ3n) is 4.23. The van der Waals surface area contributed by atoms with Crippen molar-refractivity contribution in [2.45, 2.75) is 31.1 Å². The molecule has 8 heteroatoms. The van der Waals surface area contributed by atoms with Gasteiger partial charge in [-0.2, -0.15) is 13.7 Å². The van der Waals surface area contributed by atoms with Crippen LogP contribution in [-0.4, -0.2) is 18.9 Å². The fourth-order valence-electron chi connectivity index (χ4n) is 2.51. The molecule has 1 unspecified atom stereocenters. The molecule has 3 N–H and O–H groups in total. The van der Waals surface area contributed by atoms with Crippen LogP contribution in [0, 0.1) is 11.3 Å². The molecule has 0 bridgehead atoms. The summed E-state index contributed by atoms with van der Waals surface area (Å²) in [6.45, 7) is 4.16. The number of benzene rings is 2. The molecule has 0 radical (unpaired) electrons. The van der Waals surface area contributed by atoms with E-state index >= 15 is 0 Å². The van der Waals surface area contributed by atoms with Gasteiger partial charge in [-0.1, -0.05) is 38.1 Å².